The molecule has 2 aromatic carbocycles. The number of ether oxygens (including phenoxy) is 1. The van der Waals surface area contributed by atoms with Gasteiger partial charge in [-0.15, -0.1) is 0 Å². The van der Waals surface area contributed by atoms with Crippen LogP contribution in [0, 0.1) is 0 Å². The van der Waals surface area contributed by atoms with Crippen LogP contribution in [0.2, 0.25) is 0 Å². The van der Waals surface area contributed by atoms with Crippen LogP contribution in [0.15, 0.2) is 65.8 Å². The van der Waals surface area contributed by atoms with E-state index >= 15 is 0 Å². The van der Waals surface area contributed by atoms with Gasteiger partial charge in [-0.2, -0.15) is 5.10 Å². The van der Waals surface area contributed by atoms with E-state index in [-0.39, 0.29) is 12.1 Å². The van der Waals surface area contributed by atoms with Crippen LogP contribution in [-0.2, 0) is 0 Å². The molecule has 1 fully saturated rings. The fourth-order valence-corrected chi connectivity index (χ4v) is 4.15. The van der Waals surface area contributed by atoms with E-state index in [1.54, 1.807) is 7.11 Å². The molecule has 0 spiro atoms. The number of fused-ring (bicyclic) bond motifs is 1. The summed E-state index contributed by atoms with van der Waals surface area (Å²) in [6.45, 7) is 4.31. The van der Waals surface area contributed by atoms with Gasteiger partial charge in [0.05, 0.1) is 19.3 Å². The molecule has 0 radical (unpaired) electrons. The summed E-state index contributed by atoms with van der Waals surface area (Å²) in [6, 6.07) is 19.8. The van der Waals surface area contributed by atoms with Crippen LogP contribution in [-0.4, -0.2) is 33.7 Å². The third-order valence-corrected chi connectivity index (χ3v) is 5.72. The maximum atomic E-state index is 5.38. The summed E-state index contributed by atoms with van der Waals surface area (Å²) in [7, 11) is 1.71. The lowest BCUT2D eigenvalue weighted by atomic mass is 9.95. The molecule has 1 saturated carbocycles. The molecule has 1 aromatic heterocycles. The summed E-state index contributed by atoms with van der Waals surface area (Å²) in [5.41, 5.74) is 3.57. The molecule has 148 valence electrons. The monoisotopic (exact) mass is 386 g/mol. The molecule has 5 nitrogen and oxygen atoms in total. The molecule has 29 heavy (non-hydrogen) atoms. The van der Waals surface area contributed by atoms with E-state index in [2.05, 4.69) is 61.2 Å². The molecule has 3 aromatic rings. The van der Waals surface area contributed by atoms with Gasteiger partial charge in [0.25, 0.3) is 0 Å². The van der Waals surface area contributed by atoms with Gasteiger partial charge in [-0.05, 0) is 44.4 Å². The second-order valence-electron chi connectivity index (χ2n) is 8.08. The smallest absolute Gasteiger partial charge is 0.158 e. The molecule has 0 saturated heterocycles. The van der Waals surface area contributed by atoms with Crippen LogP contribution in [0.3, 0.4) is 0 Å². The molecule has 0 unspecified atom stereocenters. The molecular formula is C24H26N4O. The van der Waals surface area contributed by atoms with Crippen molar-refractivity contribution in [3.63, 3.8) is 0 Å². The Labute approximate surface area is 171 Å². The van der Waals surface area contributed by atoms with Crippen molar-refractivity contribution in [2.24, 2.45) is 4.99 Å². The summed E-state index contributed by atoms with van der Waals surface area (Å²) in [6.07, 6.45) is 4.41. The Morgan fingerprint density at radius 3 is 2.34 bits per heavy atom. The van der Waals surface area contributed by atoms with Gasteiger partial charge < -0.3 is 9.64 Å². The molecule has 5 rings (SSSR count). The number of amidine groups is 1. The highest BCUT2D eigenvalue weighted by atomic mass is 16.5. The summed E-state index contributed by atoms with van der Waals surface area (Å²) in [5, 5.41) is 4.71. The second-order valence-corrected chi connectivity index (χ2v) is 8.08. The summed E-state index contributed by atoms with van der Waals surface area (Å²) < 4.78 is 7.43. The van der Waals surface area contributed by atoms with Crippen LogP contribution >= 0.6 is 0 Å². The number of aromatic nitrogens is 2. The summed E-state index contributed by atoms with van der Waals surface area (Å²) in [4.78, 5) is 7.67. The fourth-order valence-electron chi connectivity index (χ4n) is 4.15. The third-order valence-electron chi connectivity index (χ3n) is 5.72. The number of nitrogens with zero attached hydrogens (tertiary/aromatic N) is 4. The zero-order chi connectivity index (χ0) is 20.0. The van der Waals surface area contributed by atoms with Crippen molar-refractivity contribution in [2.75, 3.05) is 7.11 Å². The van der Waals surface area contributed by atoms with Gasteiger partial charge >= 0.3 is 0 Å². The van der Waals surface area contributed by atoms with Crippen molar-refractivity contribution in [1.29, 1.82) is 0 Å². The Hall–Kier alpha value is -3.08. The second kappa shape index (κ2) is 7.07. The number of hydrogen-bond acceptors (Lipinski definition) is 4. The fraction of sp³-hybridized carbons (Fsp3) is 0.333. The first-order valence-corrected chi connectivity index (χ1v) is 10.3. The topological polar surface area (TPSA) is 42.6 Å². The summed E-state index contributed by atoms with van der Waals surface area (Å²) in [5.74, 6) is 2.89. The quantitative estimate of drug-likeness (QED) is 0.611. The van der Waals surface area contributed by atoms with Gasteiger partial charge in [0.15, 0.2) is 5.82 Å². The van der Waals surface area contributed by atoms with Crippen LogP contribution < -0.4 is 4.74 Å². The van der Waals surface area contributed by atoms with Crippen molar-refractivity contribution in [1.82, 2.24) is 14.7 Å². The SMILES string of the molecule is COc1ccc([C@@H]2c3cnn(C(C)C)c3N=C(c3ccccc3)N2C2CC2)cc1. The summed E-state index contributed by atoms with van der Waals surface area (Å²) >= 11 is 0. The minimum Gasteiger partial charge on any atom is -0.497 e. The molecule has 1 aliphatic heterocycles. The van der Waals surface area contributed by atoms with Crippen molar-refractivity contribution >= 4 is 11.7 Å². The lowest BCUT2D eigenvalue weighted by Gasteiger charge is -2.38. The normalized spacial score (nSPS) is 18.6. The Morgan fingerprint density at radius 2 is 1.72 bits per heavy atom. The Balaban J connectivity index is 1.71. The molecule has 5 heteroatoms. The van der Waals surface area contributed by atoms with Crippen LogP contribution in [0.5, 0.6) is 5.75 Å². The van der Waals surface area contributed by atoms with E-state index in [9.17, 15) is 0 Å². The third kappa shape index (κ3) is 3.11. The zero-order valence-corrected chi connectivity index (χ0v) is 17.1. The predicted octanol–water partition coefficient (Wildman–Crippen LogP) is 5.12. The maximum Gasteiger partial charge on any atom is 0.158 e. The largest absolute Gasteiger partial charge is 0.497 e. The van der Waals surface area contributed by atoms with Crippen molar-refractivity contribution < 1.29 is 4.74 Å². The predicted molar refractivity (Wildman–Crippen MR) is 115 cm³/mol. The van der Waals surface area contributed by atoms with Crippen LogP contribution in [0.1, 0.15) is 55.5 Å². The average Bonchev–Trinajstić information content (AvgIpc) is 3.51. The minimum atomic E-state index is 0.101. The first-order valence-electron chi connectivity index (χ1n) is 10.3. The zero-order valence-electron chi connectivity index (χ0n) is 17.1. The Bertz CT molecular complexity index is 1030. The Morgan fingerprint density at radius 1 is 1.00 bits per heavy atom. The standard InChI is InChI=1S/C24H26N4O/c1-16(2)28-24-21(15-25-28)22(17-9-13-20(29-3)14-10-17)27(19-11-12-19)23(26-24)18-7-5-4-6-8-18/h4-10,13-16,19,22H,11-12H2,1-3H3/t22-/m1/s1. The molecule has 2 heterocycles. The van der Waals surface area contributed by atoms with Crippen molar-refractivity contribution in [3.05, 3.63) is 77.5 Å². The van der Waals surface area contributed by atoms with Gasteiger partial charge in [0, 0.05) is 23.2 Å². The lowest BCUT2D eigenvalue weighted by Crippen LogP contribution is -2.40. The molecule has 2 aliphatic rings. The number of aliphatic imine (C=N–C) groups is 1. The minimum absolute atomic E-state index is 0.101. The number of hydrogen-bond donors (Lipinski definition) is 0. The molecule has 0 bridgehead atoms. The molecule has 0 amide bonds. The highest BCUT2D eigenvalue weighted by molar-refractivity contribution is 6.02. The van der Waals surface area contributed by atoms with E-state index in [0.717, 1.165) is 23.0 Å². The van der Waals surface area contributed by atoms with Crippen LogP contribution in [0.4, 0.5) is 5.82 Å². The number of benzene rings is 2. The van der Waals surface area contributed by atoms with Crippen molar-refractivity contribution in [2.45, 2.75) is 44.8 Å². The van der Waals surface area contributed by atoms with E-state index < -0.39 is 0 Å². The van der Waals surface area contributed by atoms with Gasteiger partial charge in [-0.3, -0.25) is 0 Å². The maximum absolute atomic E-state index is 5.38. The first kappa shape index (κ1) is 18.0. The van der Waals surface area contributed by atoms with Crippen LogP contribution in [0.25, 0.3) is 0 Å². The van der Waals surface area contributed by atoms with Gasteiger partial charge in [0.1, 0.15) is 11.6 Å². The van der Waals surface area contributed by atoms with E-state index in [1.165, 1.54) is 24.0 Å². The van der Waals surface area contributed by atoms with E-state index in [4.69, 9.17) is 14.8 Å². The highest BCUT2D eigenvalue weighted by Crippen LogP contribution is 2.46. The molecular weight excluding hydrogens is 360 g/mol. The number of rotatable bonds is 5. The van der Waals surface area contributed by atoms with Gasteiger partial charge in [0.2, 0.25) is 0 Å². The first-order chi connectivity index (χ1) is 14.2. The van der Waals surface area contributed by atoms with E-state index in [1.807, 2.05) is 23.0 Å². The average molecular weight is 386 g/mol. The number of methoxy groups -OCH3 is 1. The lowest BCUT2D eigenvalue weighted by molar-refractivity contribution is 0.341. The van der Waals surface area contributed by atoms with Gasteiger partial charge in [-0.25, -0.2) is 9.67 Å². The highest BCUT2D eigenvalue weighted by Gasteiger charge is 2.42. The molecule has 1 atom stereocenters. The Kier molecular flexibility index (Phi) is 4.38. The van der Waals surface area contributed by atoms with Crippen molar-refractivity contribution in [3.8, 4) is 5.75 Å². The van der Waals surface area contributed by atoms with E-state index in [0.29, 0.717) is 6.04 Å². The molecule has 0 N–H and O–H groups in total. The molecule has 1 aliphatic carbocycles. The van der Waals surface area contributed by atoms with Gasteiger partial charge in [-0.1, -0.05) is 42.5 Å².